The average Bonchev–Trinajstić information content (AvgIpc) is 2.96. The number of ether oxygens (including phenoxy) is 1. The van der Waals surface area contributed by atoms with Crippen molar-refractivity contribution >= 4 is 44.1 Å². The fourth-order valence-corrected chi connectivity index (χ4v) is 3.76. The predicted molar refractivity (Wildman–Crippen MR) is 101 cm³/mol. The van der Waals surface area contributed by atoms with Crippen molar-refractivity contribution in [2.24, 2.45) is 5.73 Å². The molecule has 1 heterocycles. The average molecular weight is 422 g/mol. The minimum absolute atomic E-state index is 0.0785. The Morgan fingerprint density at radius 1 is 1.16 bits per heavy atom. The summed E-state index contributed by atoms with van der Waals surface area (Å²) in [5, 5.41) is 0. The van der Waals surface area contributed by atoms with Gasteiger partial charge >= 0.3 is 5.97 Å². The first-order valence-corrected chi connectivity index (χ1v) is 9.62. The van der Waals surface area contributed by atoms with Gasteiger partial charge in [0.25, 0.3) is 0 Å². The summed E-state index contributed by atoms with van der Waals surface area (Å²) in [6, 6.07) is 12.8. The van der Waals surface area contributed by atoms with Gasteiger partial charge < -0.3 is 15.0 Å². The highest BCUT2D eigenvalue weighted by Crippen LogP contribution is 2.34. The van der Waals surface area contributed by atoms with Gasteiger partial charge in [-0.2, -0.15) is 0 Å². The van der Waals surface area contributed by atoms with E-state index in [9.17, 15) is 9.00 Å². The molecule has 5 nitrogen and oxygen atoms in total. The third-order valence-electron chi connectivity index (χ3n) is 4.01. The van der Waals surface area contributed by atoms with E-state index in [-0.39, 0.29) is 18.3 Å². The van der Waals surface area contributed by atoms with Crippen molar-refractivity contribution in [1.29, 1.82) is 0 Å². The van der Waals surface area contributed by atoms with E-state index in [2.05, 4.69) is 15.9 Å². The van der Waals surface area contributed by atoms with Gasteiger partial charge in [-0.3, -0.25) is 0 Å². The molecule has 1 aliphatic rings. The maximum absolute atomic E-state index is 12.2. The molecule has 0 bridgehead atoms. The topological polar surface area (TPSA) is 89.6 Å². The monoisotopic (exact) mass is 421 g/mol. The normalized spacial score (nSPS) is 15.4. The number of carbonyl (C=O) groups is 1. The van der Waals surface area contributed by atoms with Crippen molar-refractivity contribution in [2.45, 2.75) is 12.3 Å². The smallest absolute Gasteiger partial charge is 0.339 e. The van der Waals surface area contributed by atoms with Crippen molar-refractivity contribution in [1.82, 2.24) is 0 Å². The fraction of sp³-hybridized carbons (Fsp3) is 0.167. The molecule has 0 saturated carbocycles. The van der Waals surface area contributed by atoms with E-state index < -0.39 is 11.1 Å². The molecule has 25 heavy (non-hydrogen) atoms. The largest absolute Gasteiger partial charge is 0.457 e. The quantitative estimate of drug-likeness (QED) is 0.571. The van der Waals surface area contributed by atoms with E-state index in [0.29, 0.717) is 12.1 Å². The van der Waals surface area contributed by atoms with Gasteiger partial charge in [0.15, 0.2) is 11.1 Å². The zero-order chi connectivity index (χ0) is 18.0. The van der Waals surface area contributed by atoms with Gasteiger partial charge in [0.05, 0.1) is 11.3 Å². The summed E-state index contributed by atoms with van der Waals surface area (Å²) >= 11 is 1.60. The molecule has 1 atom stereocenters. The molecule has 0 saturated heterocycles. The van der Waals surface area contributed by atoms with E-state index in [4.69, 9.17) is 15.0 Å². The van der Waals surface area contributed by atoms with Gasteiger partial charge in [0, 0.05) is 16.6 Å². The van der Waals surface area contributed by atoms with Crippen LogP contribution in [-0.4, -0.2) is 21.3 Å². The summed E-state index contributed by atoms with van der Waals surface area (Å²) in [4.78, 5) is 12.2. The van der Waals surface area contributed by atoms with Crippen LogP contribution in [0.1, 0.15) is 22.3 Å². The van der Waals surface area contributed by atoms with Gasteiger partial charge in [-0.05, 0) is 28.3 Å². The fourth-order valence-electron chi connectivity index (χ4n) is 2.74. The Balaban J connectivity index is 2.01. The Bertz CT molecular complexity index is 877. The third kappa shape index (κ3) is 3.90. The molecule has 1 unspecified atom stereocenters. The lowest BCUT2D eigenvalue weighted by atomic mass is 9.95. The Kier molecular flexibility index (Phi) is 5.48. The van der Waals surface area contributed by atoms with E-state index in [1.165, 1.54) is 0 Å². The number of esters is 1. The second-order valence-electron chi connectivity index (χ2n) is 5.60. The van der Waals surface area contributed by atoms with E-state index >= 15 is 0 Å². The number of hydrogen-bond acceptors (Lipinski definition) is 4. The van der Waals surface area contributed by atoms with Crippen molar-refractivity contribution in [3.8, 4) is 0 Å². The van der Waals surface area contributed by atoms with Crippen LogP contribution in [-0.2, 0) is 32.9 Å². The zero-order valence-corrected chi connectivity index (χ0v) is 15.6. The van der Waals surface area contributed by atoms with Gasteiger partial charge in [0.1, 0.15) is 6.61 Å². The number of cyclic esters (lactones) is 1. The summed E-state index contributed by atoms with van der Waals surface area (Å²) in [5.41, 5.74) is 10.3. The van der Waals surface area contributed by atoms with Gasteiger partial charge in [0.2, 0.25) is 0 Å². The number of rotatable bonds is 5. The minimum Gasteiger partial charge on any atom is -0.457 e. The number of hydrogen-bond donors (Lipinski definition) is 2. The molecule has 2 aromatic rings. The highest BCUT2D eigenvalue weighted by molar-refractivity contribution is 9.10. The zero-order valence-electron chi connectivity index (χ0n) is 13.2. The maximum atomic E-state index is 12.2. The molecule has 7 heteroatoms. The molecular formula is C18H16BrNO4S. The van der Waals surface area contributed by atoms with Crippen molar-refractivity contribution in [3.63, 3.8) is 0 Å². The standard InChI is InChI=1S/C18H16BrNO4S/c19-16-7-13(5-6-14(16)8-20)17-15(9-24-18(17)21)12-3-1-11(2-4-12)10-25(22)23/h1-7H,8-10,20H2,(H,22,23). The first kappa shape index (κ1) is 18.0. The minimum atomic E-state index is -1.88. The lowest BCUT2D eigenvalue weighted by Gasteiger charge is -2.08. The van der Waals surface area contributed by atoms with Crippen LogP contribution in [0.15, 0.2) is 46.9 Å². The molecule has 2 aromatic carbocycles. The molecule has 0 amide bonds. The molecule has 0 radical (unpaired) electrons. The summed E-state index contributed by atoms with van der Waals surface area (Å²) < 4.78 is 25.9. The highest BCUT2D eigenvalue weighted by Gasteiger charge is 2.27. The number of halogens is 1. The van der Waals surface area contributed by atoms with Crippen LogP contribution >= 0.6 is 15.9 Å². The summed E-state index contributed by atoms with van der Waals surface area (Å²) in [5.74, 6) is -0.280. The van der Waals surface area contributed by atoms with E-state index in [0.717, 1.165) is 32.3 Å². The lowest BCUT2D eigenvalue weighted by Crippen LogP contribution is -2.01. The van der Waals surface area contributed by atoms with Crippen molar-refractivity contribution in [2.75, 3.05) is 6.61 Å². The SMILES string of the molecule is NCc1ccc(C2=C(c3ccc(CS(=O)O)cc3)COC2=O)cc1Br. The molecule has 3 rings (SSSR count). The molecule has 0 spiro atoms. The van der Waals surface area contributed by atoms with Crippen LogP contribution in [0.4, 0.5) is 0 Å². The van der Waals surface area contributed by atoms with E-state index in [1.807, 2.05) is 30.3 Å². The van der Waals surface area contributed by atoms with Crippen LogP contribution < -0.4 is 5.73 Å². The van der Waals surface area contributed by atoms with Crippen molar-refractivity contribution in [3.05, 3.63) is 69.2 Å². The van der Waals surface area contributed by atoms with Crippen LogP contribution in [0.25, 0.3) is 11.1 Å². The van der Waals surface area contributed by atoms with E-state index in [1.54, 1.807) is 12.1 Å². The Morgan fingerprint density at radius 3 is 2.44 bits per heavy atom. The highest BCUT2D eigenvalue weighted by atomic mass is 79.9. The lowest BCUT2D eigenvalue weighted by molar-refractivity contribution is -0.133. The van der Waals surface area contributed by atoms with Crippen LogP contribution in [0.2, 0.25) is 0 Å². The molecule has 0 aromatic heterocycles. The Labute approximate surface area is 156 Å². The Morgan fingerprint density at radius 2 is 1.84 bits per heavy atom. The molecule has 0 fully saturated rings. The van der Waals surface area contributed by atoms with Gasteiger partial charge in [-0.25, -0.2) is 9.00 Å². The first-order valence-electron chi connectivity index (χ1n) is 7.55. The summed E-state index contributed by atoms with van der Waals surface area (Å²) in [6.07, 6.45) is 0. The number of nitrogens with two attached hydrogens (primary N) is 1. The maximum Gasteiger partial charge on any atom is 0.339 e. The molecule has 0 aliphatic carbocycles. The second-order valence-corrected chi connectivity index (χ2v) is 7.39. The van der Waals surface area contributed by atoms with Crippen LogP contribution in [0, 0.1) is 0 Å². The van der Waals surface area contributed by atoms with Crippen LogP contribution in [0.3, 0.4) is 0 Å². The first-order chi connectivity index (χ1) is 12.0. The molecule has 3 N–H and O–H groups in total. The Hall–Kier alpha value is -1.80. The summed E-state index contributed by atoms with van der Waals surface area (Å²) in [6.45, 7) is 0.612. The predicted octanol–water partition coefficient (Wildman–Crippen LogP) is 3.10. The van der Waals surface area contributed by atoms with Gasteiger partial charge in [-0.1, -0.05) is 52.3 Å². The molecule has 1 aliphatic heterocycles. The second kappa shape index (κ2) is 7.61. The van der Waals surface area contributed by atoms with Crippen LogP contribution in [0.5, 0.6) is 0 Å². The summed E-state index contributed by atoms with van der Waals surface area (Å²) in [7, 11) is 0. The number of benzene rings is 2. The van der Waals surface area contributed by atoms with Crippen molar-refractivity contribution < 1.29 is 18.3 Å². The third-order valence-corrected chi connectivity index (χ3v) is 5.33. The van der Waals surface area contributed by atoms with Gasteiger partial charge in [-0.15, -0.1) is 0 Å². The number of carbonyl (C=O) groups excluding carboxylic acids is 1. The molecular weight excluding hydrogens is 406 g/mol. The molecule has 130 valence electrons.